The first kappa shape index (κ1) is 32.3. The molecule has 43 heavy (non-hydrogen) atoms. The van der Waals surface area contributed by atoms with Crippen LogP contribution < -0.4 is 5.73 Å². The number of benzene rings is 2. The minimum Gasteiger partial charge on any atom is -0.508 e. The number of carbonyl (C=O) groups is 3. The number of phenolic OH excluding ortho intramolecular Hbond substituents is 2. The Morgan fingerprint density at radius 3 is 2.09 bits per heavy atom. The van der Waals surface area contributed by atoms with Crippen molar-refractivity contribution in [1.82, 2.24) is 4.90 Å². The van der Waals surface area contributed by atoms with E-state index in [-0.39, 0.29) is 28.3 Å². The number of halogens is 2. The van der Waals surface area contributed by atoms with Crippen molar-refractivity contribution in [2.45, 2.75) is 44.4 Å². The molecule has 0 bridgehead atoms. The number of fused-ring (bicyclic) bond motifs is 3. The first-order valence-electron chi connectivity index (χ1n) is 13.1. The number of aliphatic hydroxyl groups excluding tert-OH is 2. The zero-order valence-corrected chi connectivity index (χ0v) is 25.4. The van der Waals surface area contributed by atoms with Crippen molar-refractivity contribution in [2.24, 2.45) is 17.6 Å². The molecule has 0 spiro atoms. The van der Waals surface area contributed by atoms with Gasteiger partial charge in [-0.05, 0) is 76.7 Å². The van der Waals surface area contributed by atoms with Gasteiger partial charge in [-0.3, -0.25) is 19.3 Å². The predicted octanol–water partition coefficient (Wildman–Crippen LogP) is 2.94. The lowest BCUT2D eigenvalue weighted by Crippen LogP contribution is -2.67. The first-order chi connectivity index (χ1) is 19.8. The third-order valence-electron chi connectivity index (χ3n) is 8.49. The van der Waals surface area contributed by atoms with Gasteiger partial charge in [0.05, 0.1) is 17.2 Å². The number of phenols is 2. The minimum absolute atomic E-state index is 0.0187. The molecule has 0 unspecified atom stereocenters. The van der Waals surface area contributed by atoms with E-state index < -0.39 is 75.0 Å². The lowest BCUT2D eigenvalue weighted by atomic mass is 9.54. The van der Waals surface area contributed by atoms with Crippen LogP contribution in [0.2, 0.25) is 10.0 Å². The average molecular weight is 635 g/mol. The summed E-state index contributed by atoms with van der Waals surface area (Å²) in [5.74, 6) is -8.02. The molecule has 5 atom stereocenters. The Hall–Kier alpha value is -3.61. The Balaban J connectivity index is 0.000000359. The van der Waals surface area contributed by atoms with Crippen LogP contribution in [0.15, 0.2) is 41.2 Å². The average Bonchev–Trinajstić information content (AvgIpc) is 2.89. The third kappa shape index (κ3) is 4.76. The fourth-order valence-electron chi connectivity index (χ4n) is 6.50. The van der Waals surface area contributed by atoms with Crippen LogP contribution in [0.25, 0.3) is 5.76 Å². The summed E-state index contributed by atoms with van der Waals surface area (Å²) in [5.41, 5.74) is 0.727. The van der Waals surface area contributed by atoms with Gasteiger partial charge in [-0.15, -0.1) is 0 Å². The summed E-state index contributed by atoms with van der Waals surface area (Å²) in [6, 6.07) is 4.54. The highest BCUT2D eigenvalue weighted by Crippen LogP contribution is 2.58. The Morgan fingerprint density at radius 1 is 1.02 bits per heavy atom. The highest BCUT2D eigenvalue weighted by atomic mass is 35.5. The van der Waals surface area contributed by atoms with Gasteiger partial charge in [-0.1, -0.05) is 23.2 Å². The summed E-state index contributed by atoms with van der Waals surface area (Å²) < 4.78 is 0. The monoisotopic (exact) mass is 634 g/mol. The smallest absolute Gasteiger partial charge is 0.255 e. The van der Waals surface area contributed by atoms with E-state index in [1.54, 1.807) is 12.1 Å². The van der Waals surface area contributed by atoms with Crippen LogP contribution in [-0.4, -0.2) is 78.8 Å². The molecule has 11 nitrogen and oxygen atoms in total. The number of nitrogens with zero attached hydrogens (tertiary/aromatic N) is 1. The highest BCUT2D eigenvalue weighted by Gasteiger charge is 2.66. The number of aromatic hydroxyl groups is 2. The zero-order valence-electron chi connectivity index (χ0n) is 23.9. The maximum absolute atomic E-state index is 13.7. The topological polar surface area (TPSA) is 202 Å². The van der Waals surface area contributed by atoms with Gasteiger partial charge in [0.2, 0.25) is 5.78 Å². The Bertz CT molecular complexity index is 1620. The fraction of sp³-hybridized carbons (Fsp3) is 0.367. The number of hydrogen-bond donors (Lipinski definition) is 7. The number of nitrogens with two attached hydrogens (primary N) is 1. The molecule has 2 aromatic carbocycles. The molecule has 3 aliphatic carbocycles. The van der Waals surface area contributed by atoms with E-state index in [1.807, 2.05) is 13.8 Å². The molecule has 0 aromatic heterocycles. The molecule has 0 heterocycles. The number of hydrogen-bond acceptors (Lipinski definition) is 10. The molecule has 230 valence electrons. The van der Waals surface area contributed by atoms with E-state index in [1.165, 1.54) is 38.1 Å². The van der Waals surface area contributed by atoms with Crippen molar-refractivity contribution in [2.75, 3.05) is 14.1 Å². The molecule has 13 heteroatoms. The van der Waals surface area contributed by atoms with Crippen molar-refractivity contribution in [3.8, 4) is 11.5 Å². The number of Topliss-reactive ketones (excluding diaryl/α,β-unsaturated/α-hetero) is 2. The van der Waals surface area contributed by atoms with Gasteiger partial charge in [-0.25, -0.2) is 0 Å². The number of rotatable bonds is 2. The van der Waals surface area contributed by atoms with Crippen LogP contribution in [0.5, 0.6) is 11.5 Å². The summed E-state index contributed by atoms with van der Waals surface area (Å²) in [6.07, 6.45) is -0.259. The molecule has 0 radical (unpaired) electrons. The molecule has 8 N–H and O–H groups in total. The lowest BCUT2D eigenvalue weighted by Gasteiger charge is -2.53. The van der Waals surface area contributed by atoms with E-state index in [0.29, 0.717) is 0 Å². The summed E-state index contributed by atoms with van der Waals surface area (Å²) in [6.45, 7) is 5.08. The van der Waals surface area contributed by atoms with Crippen LogP contribution in [-0.2, 0) is 20.0 Å². The molecule has 5 rings (SSSR count). The molecule has 0 aliphatic heterocycles. The quantitative estimate of drug-likeness (QED) is 0.241. The second-order valence-electron chi connectivity index (χ2n) is 11.5. The minimum atomic E-state index is -2.78. The van der Waals surface area contributed by atoms with Crippen LogP contribution in [0.4, 0.5) is 0 Å². The maximum Gasteiger partial charge on any atom is 0.255 e. The second kappa shape index (κ2) is 10.8. The Labute approximate surface area is 257 Å². The van der Waals surface area contributed by atoms with Crippen LogP contribution >= 0.6 is 23.2 Å². The van der Waals surface area contributed by atoms with Crippen molar-refractivity contribution in [3.63, 3.8) is 0 Å². The normalized spacial score (nSPS) is 28.2. The molecule has 1 fully saturated rings. The number of amides is 1. The van der Waals surface area contributed by atoms with E-state index >= 15 is 0 Å². The summed E-state index contributed by atoms with van der Waals surface area (Å²) in [7, 11) is 2.97. The highest BCUT2D eigenvalue weighted by molar-refractivity contribution is 6.32. The molecular formula is C30H32Cl2N2O9. The summed E-state index contributed by atoms with van der Waals surface area (Å²) >= 11 is 12.1. The molecule has 2 aromatic rings. The van der Waals surface area contributed by atoms with Gasteiger partial charge < -0.3 is 36.4 Å². The lowest BCUT2D eigenvalue weighted by molar-refractivity contribution is -0.159. The summed E-state index contributed by atoms with van der Waals surface area (Å²) in [4.78, 5) is 40.1. The van der Waals surface area contributed by atoms with E-state index in [4.69, 9.17) is 34.0 Å². The van der Waals surface area contributed by atoms with E-state index in [2.05, 4.69) is 0 Å². The largest absolute Gasteiger partial charge is 0.508 e. The Morgan fingerprint density at radius 2 is 1.58 bits per heavy atom. The molecule has 0 saturated heterocycles. The number of aryl methyl sites for hydroxylation is 2. The molecule has 1 saturated carbocycles. The van der Waals surface area contributed by atoms with Crippen molar-refractivity contribution in [1.29, 1.82) is 0 Å². The molecule has 3 aliphatic rings. The van der Waals surface area contributed by atoms with Crippen molar-refractivity contribution >= 4 is 46.4 Å². The van der Waals surface area contributed by atoms with Gasteiger partial charge in [0.15, 0.2) is 11.4 Å². The van der Waals surface area contributed by atoms with Gasteiger partial charge in [0.25, 0.3) is 5.91 Å². The summed E-state index contributed by atoms with van der Waals surface area (Å²) in [5, 5.41) is 65.0. The molecular weight excluding hydrogens is 603 g/mol. The number of aliphatic hydroxyl groups is 4. The fourth-order valence-corrected chi connectivity index (χ4v) is 6.96. The van der Waals surface area contributed by atoms with Gasteiger partial charge in [0.1, 0.15) is 28.6 Å². The van der Waals surface area contributed by atoms with Crippen LogP contribution in [0.3, 0.4) is 0 Å². The maximum atomic E-state index is 13.7. The molecule has 1 amide bonds. The van der Waals surface area contributed by atoms with Gasteiger partial charge >= 0.3 is 0 Å². The standard InChI is InChI=1S/C22H23ClN2O8.C8H9ClO/c1-21(32)7-6-8-15(25(2)3)17(28)13(20(24)31)19(30)22(8,33)18(29)11(7)16(27)12-10(26)5-4-9(23)14(12)21;1-5-3-7(10)4-6(2)8(5)9/h4-5,7-8,15,26-27,30,32-33H,6H2,1-3H3,(H2,24,31);3-4,10H,1-2H3/t7-,8-,15-,21-,22-;/m0./s1. The first-order valence-corrected chi connectivity index (χ1v) is 13.9. The zero-order chi connectivity index (χ0) is 32.5. The van der Waals surface area contributed by atoms with E-state index in [0.717, 1.165) is 16.1 Å². The van der Waals surface area contributed by atoms with E-state index in [9.17, 15) is 39.9 Å². The number of ketones is 2. The van der Waals surface area contributed by atoms with Crippen molar-refractivity contribution < 1.29 is 45.0 Å². The predicted molar refractivity (Wildman–Crippen MR) is 158 cm³/mol. The second-order valence-corrected chi connectivity index (χ2v) is 12.3. The van der Waals surface area contributed by atoms with Crippen LogP contribution in [0.1, 0.15) is 35.6 Å². The van der Waals surface area contributed by atoms with Crippen molar-refractivity contribution in [3.05, 3.63) is 73.5 Å². The number of likely N-dealkylation sites (N-methyl/N-ethyl adjacent to an activating group) is 1. The number of carbonyl (C=O) groups excluding carboxylic acids is 3. The van der Waals surface area contributed by atoms with Gasteiger partial charge in [0, 0.05) is 33.0 Å². The SMILES string of the molecule is CN(C)[C@@H]1C(=O)C(C(N)=O)=C(O)[C@@]2(O)C(=O)C3=C(O)c4c(O)ccc(Cl)c4[C@@](C)(O)[C@H]3C[C@@H]12.Cc1cc(O)cc(C)c1Cl. The van der Waals surface area contributed by atoms with Crippen LogP contribution in [0, 0.1) is 25.7 Å². The third-order valence-corrected chi connectivity index (χ3v) is 9.40. The van der Waals surface area contributed by atoms with Gasteiger partial charge in [-0.2, -0.15) is 0 Å². The number of primary amides is 1. The Kier molecular flexibility index (Phi) is 8.14.